The van der Waals surface area contributed by atoms with Crippen LogP contribution in [0.3, 0.4) is 0 Å². The summed E-state index contributed by atoms with van der Waals surface area (Å²) in [5.41, 5.74) is 4.74. The van der Waals surface area contributed by atoms with Gasteiger partial charge in [-0.2, -0.15) is 10.2 Å². The maximum Gasteiger partial charge on any atom is 0.189 e. The minimum absolute atomic E-state index is 0.690. The van der Waals surface area contributed by atoms with E-state index in [-0.39, 0.29) is 0 Å². The van der Waals surface area contributed by atoms with Gasteiger partial charge in [0.2, 0.25) is 0 Å². The normalized spacial score (nSPS) is 10.9. The Labute approximate surface area is 126 Å². The van der Waals surface area contributed by atoms with E-state index < -0.39 is 0 Å². The largest absolute Gasteiger partial charge is 0.348 e. The van der Waals surface area contributed by atoms with Gasteiger partial charge in [-0.05, 0) is 38.0 Å². The van der Waals surface area contributed by atoms with Crippen molar-refractivity contribution in [2.24, 2.45) is 5.10 Å². The Kier molecular flexibility index (Phi) is 7.87. The molecule has 0 saturated heterocycles. The van der Waals surface area contributed by atoms with Crippen molar-refractivity contribution < 1.29 is 0 Å². The predicted molar refractivity (Wildman–Crippen MR) is 88.0 cm³/mol. The molecule has 0 spiro atoms. The van der Waals surface area contributed by atoms with Gasteiger partial charge in [0.1, 0.15) is 5.69 Å². The lowest BCUT2D eigenvalue weighted by Gasteiger charge is -2.24. The summed E-state index contributed by atoms with van der Waals surface area (Å²) in [7, 11) is 0. The zero-order valence-electron chi connectivity index (χ0n) is 12.6. The van der Waals surface area contributed by atoms with Gasteiger partial charge in [0.05, 0.1) is 6.21 Å². The fourth-order valence-electron chi connectivity index (χ4n) is 1.74. The van der Waals surface area contributed by atoms with Crippen LogP contribution in [0.15, 0.2) is 11.2 Å². The van der Waals surface area contributed by atoms with Crippen LogP contribution >= 0.6 is 12.2 Å². The van der Waals surface area contributed by atoms with Gasteiger partial charge in [-0.15, -0.1) is 0 Å². The van der Waals surface area contributed by atoms with Gasteiger partial charge in [-0.25, -0.2) is 0 Å². The van der Waals surface area contributed by atoms with Gasteiger partial charge in [-0.1, -0.05) is 26.7 Å². The van der Waals surface area contributed by atoms with Gasteiger partial charge < -0.3 is 4.90 Å². The fourth-order valence-corrected chi connectivity index (χ4v) is 1.98. The lowest BCUT2D eigenvalue weighted by Crippen LogP contribution is -2.38. The number of rotatable bonds is 8. The number of unbranched alkanes of at least 4 members (excludes halogenated alkanes) is 2. The zero-order valence-corrected chi connectivity index (χ0v) is 13.5. The molecule has 0 unspecified atom stereocenters. The zero-order chi connectivity index (χ0) is 14.8. The van der Waals surface area contributed by atoms with Crippen LogP contribution in [0.25, 0.3) is 0 Å². The Morgan fingerprint density at radius 2 is 2.05 bits per heavy atom. The van der Waals surface area contributed by atoms with Crippen LogP contribution in [0.5, 0.6) is 0 Å². The average Bonchev–Trinajstić information content (AvgIpc) is 2.84. The highest BCUT2D eigenvalue weighted by Gasteiger charge is 2.07. The molecule has 0 atom stereocenters. The summed E-state index contributed by atoms with van der Waals surface area (Å²) in [5, 5.41) is 11.8. The highest BCUT2D eigenvalue weighted by Crippen LogP contribution is 2.00. The van der Waals surface area contributed by atoms with Gasteiger partial charge in [0, 0.05) is 18.8 Å². The van der Waals surface area contributed by atoms with Crippen LogP contribution in [0.4, 0.5) is 0 Å². The monoisotopic (exact) mass is 295 g/mol. The predicted octanol–water partition coefficient (Wildman–Crippen LogP) is 2.83. The first-order valence-electron chi connectivity index (χ1n) is 7.27. The fraction of sp³-hybridized carbons (Fsp3) is 0.643. The third kappa shape index (κ3) is 6.14. The van der Waals surface area contributed by atoms with Gasteiger partial charge in [0.25, 0.3) is 0 Å². The lowest BCUT2D eigenvalue weighted by atomic mass is 10.3. The summed E-state index contributed by atoms with van der Waals surface area (Å²) in [6.07, 6.45) is 6.30. The Morgan fingerprint density at radius 1 is 1.40 bits per heavy atom. The first kappa shape index (κ1) is 16.6. The van der Waals surface area contributed by atoms with Crippen LogP contribution in [0.1, 0.15) is 50.9 Å². The molecular formula is C14H25N5S. The quantitative estimate of drug-likeness (QED) is 0.440. The topological polar surface area (TPSA) is 56.3 Å². The van der Waals surface area contributed by atoms with Crippen molar-refractivity contribution in [3.63, 3.8) is 0 Å². The third-order valence-corrected chi connectivity index (χ3v) is 3.28. The molecule has 0 bridgehead atoms. The number of nitrogens with zero attached hydrogens (tertiary/aromatic N) is 3. The summed E-state index contributed by atoms with van der Waals surface area (Å²) in [6, 6.07) is 1.93. The molecule has 0 fully saturated rings. The van der Waals surface area contributed by atoms with Crippen LogP contribution < -0.4 is 5.43 Å². The van der Waals surface area contributed by atoms with E-state index in [9.17, 15) is 0 Å². The summed E-state index contributed by atoms with van der Waals surface area (Å²) >= 11 is 5.40. The minimum Gasteiger partial charge on any atom is -0.348 e. The third-order valence-electron chi connectivity index (χ3n) is 2.93. The van der Waals surface area contributed by atoms with Crippen molar-refractivity contribution in [2.75, 3.05) is 13.1 Å². The number of H-pyrrole nitrogens is 1. The van der Waals surface area contributed by atoms with Gasteiger partial charge in [0.15, 0.2) is 5.11 Å². The lowest BCUT2D eigenvalue weighted by molar-refractivity contribution is 0.393. The molecule has 5 nitrogen and oxygen atoms in total. The molecule has 112 valence electrons. The second-order valence-electron chi connectivity index (χ2n) is 4.85. The molecule has 1 heterocycles. The molecule has 0 aliphatic rings. The van der Waals surface area contributed by atoms with Crippen molar-refractivity contribution in [1.82, 2.24) is 20.5 Å². The van der Waals surface area contributed by atoms with Crippen molar-refractivity contribution in [3.05, 3.63) is 17.5 Å². The molecule has 0 amide bonds. The summed E-state index contributed by atoms with van der Waals surface area (Å²) in [5.74, 6) is 0. The van der Waals surface area contributed by atoms with Crippen molar-refractivity contribution in [3.8, 4) is 0 Å². The standard InChI is InChI=1S/C14H25N5S/c1-4-6-8-19(9-7-5-2)14(20)18-15-11-13-10-12(3)16-17-13/h10-11H,4-9H2,1-3H3,(H,16,17)(H,18,20)/b15-11+. The molecule has 20 heavy (non-hydrogen) atoms. The van der Waals surface area contributed by atoms with E-state index in [1.54, 1.807) is 6.21 Å². The Balaban J connectivity index is 2.45. The van der Waals surface area contributed by atoms with E-state index in [4.69, 9.17) is 12.2 Å². The number of aryl methyl sites for hydroxylation is 1. The van der Waals surface area contributed by atoms with Gasteiger partial charge >= 0.3 is 0 Å². The van der Waals surface area contributed by atoms with Crippen LogP contribution in [-0.4, -0.2) is 39.5 Å². The van der Waals surface area contributed by atoms with Crippen LogP contribution in [0, 0.1) is 6.92 Å². The molecule has 1 aromatic heterocycles. The number of aromatic amines is 1. The maximum absolute atomic E-state index is 5.40. The molecule has 2 N–H and O–H groups in total. The Hall–Kier alpha value is -1.43. The second kappa shape index (κ2) is 9.47. The van der Waals surface area contributed by atoms with E-state index >= 15 is 0 Å². The molecule has 0 aliphatic heterocycles. The average molecular weight is 295 g/mol. The molecule has 1 aromatic rings. The smallest absolute Gasteiger partial charge is 0.189 e. The Bertz CT molecular complexity index is 419. The summed E-state index contributed by atoms with van der Waals surface area (Å²) in [4.78, 5) is 2.19. The minimum atomic E-state index is 0.690. The Morgan fingerprint density at radius 3 is 2.55 bits per heavy atom. The number of nitrogens with one attached hydrogen (secondary N) is 2. The van der Waals surface area contributed by atoms with Gasteiger partial charge in [-0.3, -0.25) is 10.5 Å². The first-order chi connectivity index (χ1) is 9.67. The number of hydrogen-bond acceptors (Lipinski definition) is 3. The summed E-state index contributed by atoms with van der Waals surface area (Å²) < 4.78 is 0. The molecule has 0 aromatic carbocycles. The molecule has 1 rings (SSSR count). The van der Waals surface area contributed by atoms with E-state index in [0.717, 1.165) is 37.3 Å². The van der Waals surface area contributed by atoms with Crippen LogP contribution in [-0.2, 0) is 0 Å². The van der Waals surface area contributed by atoms with E-state index in [1.807, 2.05) is 13.0 Å². The van der Waals surface area contributed by atoms with Crippen LogP contribution in [0.2, 0.25) is 0 Å². The molecule has 0 saturated carbocycles. The highest BCUT2D eigenvalue weighted by atomic mass is 32.1. The maximum atomic E-state index is 5.40. The van der Waals surface area contributed by atoms with Crippen molar-refractivity contribution in [1.29, 1.82) is 0 Å². The van der Waals surface area contributed by atoms with E-state index in [0.29, 0.717) is 5.11 Å². The SMILES string of the molecule is CCCCN(CCCC)C(=S)N/N=C/c1cc(C)[nH]n1. The van der Waals surface area contributed by atoms with Crippen molar-refractivity contribution in [2.45, 2.75) is 46.5 Å². The molecule has 0 aliphatic carbocycles. The second-order valence-corrected chi connectivity index (χ2v) is 5.23. The number of aromatic nitrogens is 2. The first-order valence-corrected chi connectivity index (χ1v) is 7.68. The number of thiocarbonyl (C=S) groups is 1. The molecule has 6 heteroatoms. The highest BCUT2D eigenvalue weighted by molar-refractivity contribution is 7.80. The molecule has 0 radical (unpaired) electrons. The van der Waals surface area contributed by atoms with Crippen molar-refractivity contribution >= 4 is 23.5 Å². The van der Waals surface area contributed by atoms with E-state index in [1.165, 1.54) is 12.8 Å². The molecular weight excluding hydrogens is 270 g/mol. The van der Waals surface area contributed by atoms with E-state index in [2.05, 4.69) is 39.5 Å². The summed E-state index contributed by atoms with van der Waals surface area (Å²) in [6.45, 7) is 8.30. The number of hydrogen-bond donors (Lipinski definition) is 2. The number of hydrazone groups is 1.